The predicted octanol–water partition coefficient (Wildman–Crippen LogP) is 0.198. The van der Waals surface area contributed by atoms with E-state index in [1.165, 1.54) is 0 Å². The Hall–Kier alpha value is -1.86. The van der Waals surface area contributed by atoms with Crippen LogP contribution in [0.2, 0.25) is 0 Å². The zero-order valence-corrected chi connectivity index (χ0v) is 10.8. The highest BCUT2D eigenvalue weighted by molar-refractivity contribution is 5.34. The molecule has 0 spiro atoms. The summed E-state index contributed by atoms with van der Waals surface area (Å²) in [6.45, 7) is 2.77. The second-order valence-corrected chi connectivity index (χ2v) is 3.96. The molecule has 0 aromatic carbocycles. The van der Waals surface area contributed by atoms with Crippen molar-refractivity contribution in [1.82, 2.24) is 25.0 Å². The number of hydrogen-bond donors (Lipinski definition) is 2. The van der Waals surface area contributed by atoms with Crippen LogP contribution in [0.5, 0.6) is 5.75 Å². The zero-order valence-electron chi connectivity index (χ0n) is 10.8. The SMILES string of the molecule is CCn1ncc(OC)c1C(NN)c1cnn(C)c1. The summed E-state index contributed by atoms with van der Waals surface area (Å²) in [6.07, 6.45) is 5.38. The van der Waals surface area contributed by atoms with Crippen LogP contribution in [0.1, 0.15) is 24.2 Å². The van der Waals surface area contributed by atoms with Crippen molar-refractivity contribution in [3.05, 3.63) is 29.8 Å². The molecule has 0 saturated carbocycles. The highest BCUT2D eigenvalue weighted by Crippen LogP contribution is 2.29. The molecule has 0 fully saturated rings. The molecule has 7 heteroatoms. The minimum Gasteiger partial charge on any atom is -0.493 e. The molecule has 7 nitrogen and oxygen atoms in total. The van der Waals surface area contributed by atoms with Gasteiger partial charge in [0.05, 0.1) is 25.5 Å². The third-order valence-electron chi connectivity index (χ3n) is 2.86. The topological polar surface area (TPSA) is 82.9 Å². The molecule has 2 rings (SSSR count). The van der Waals surface area contributed by atoms with Crippen molar-refractivity contribution in [2.45, 2.75) is 19.5 Å². The van der Waals surface area contributed by atoms with E-state index in [-0.39, 0.29) is 6.04 Å². The van der Waals surface area contributed by atoms with E-state index in [0.29, 0.717) is 5.75 Å². The van der Waals surface area contributed by atoms with E-state index in [0.717, 1.165) is 17.8 Å². The molecule has 0 radical (unpaired) electrons. The first-order chi connectivity index (χ1) is 8.71. The minimum absolute atomic E-state index is 0.198. The van der Waals surface area contributed by atoms with Crippen LogP contribution >= 0.6 is 0 Å². The number of aryl methyl sites for hydroxylation is 2. The smallest absolute Gasteiger partial charge is 0.161 e. The molecular weight excluding hydrogens is 232 g/mol. The van der Waals surface area contributed by atoms with Gasteiger partial charge in [0.1, 0.15) is 5.69 Å². The van der Waals surface area contributed by atoms with Crippen LogP contribution in [0.4, 0.5) is 0 Å². The van der Waals surface area contributed by atoms with Gasteiger partial charge in [0, 0.05) is 25.4 Å². The summed E-state index contributed by atoms with van der Waals surface area (Å²) in [6, 6.07) is -0.198. The molecule has 98 valence electrons. The van der Waals surface area contributed by atoms with Crippen LogP contribution in [-0.4, -0.2) is 26.7 Å². The van der Waals surface area contributed by atoms with Gasteiger partial charge in [-0.25, -0.2) is 5.43 Å². The first-order valence-corrected chi connectivity index (χ1v) is 5.75. The number of nitrogens with zero attached hydrogens (tertiary/aromatic N) is 4. The maximum atomic E-state index is 5.67. The van der Waals surface area contributed by atoms with Crippen molar-refractivity contribution in [2.24, 2.45) is 12.9 Å². The van der Waals surface area contributed by atoms with Crippen molar-refractivity contribution in [1.29, 1.82) is 0 Å². The number of ether oxygens (including phenoxy) is 1. The number of hydrazine groups is 1. The fourth-order valence-corrected chi connectivity index (χ4v) is 2.00. The molecule has 2 aromatic rings. The summed E-state index contributed by atoms with van der Waals surface area (Å²) >= 11 is 0. The van der Waals surface area contributed by atoms with Gasteiger partial charge in [0.25, 0.3) is 0 Å². The number of rotatable bonds is 5. The molecular formula is C11H18N6O. The third-order valence-corrected chi connectivity index (χ3v) is 2.86. The molecule has 0 aliphatic heterocycles. The summed E-state index contributed by atoms with van der Waals surface area (Å²) in [7, 11) is 3.49. The lowest BCUT2D eigenvalue weighted by Crippen LogP contribution is -2.30. The fourth-order valence-electron chi connectivity index (χ4n) is 2.00. The van der Waals surface area contributed by atoms with Crippen molar-refractivity contribution in [3.8, 4) is 5.75 Å². The summed E-state index contributed by atoms with van der Waals surface area (Å²) < 4.78 is 8.93. The molecule has 3 N–H and O–H groups in total. The zero-order chi connectivity index (χ0) is 13.1. The molecule has 0 saturated heterocycles. The molecule has 18 heavy (non-hydrogen) atoms. The Balaban J connectivity index is 2.46. The monoisotopic (exact) mass is 250 g/mol. The van der Waals surface area contributed by atoms with Gasteiger partial charge in [-0.1, -0.05) is 0 Å². The number of aromatic nitrogens is 4. The lowest BCUT2D eigenvalue weighted by molar-refractivity contribution is 0.399. The maximum absolute atomic E-state index is 5.67. The molecule has 0 amide bonds. The molecule has 1 atom stereocenters. The maximum Gasteiger partial charge on any atom is 0.161 e. The van der Waals surface area contributed by atoms with E-state index < -0.39 is 0 Å². The summed E-state index contributed by atoms with van der Waals surface area (Å²) in [4.78, 5) is 0. The van der Waals surface area contributed by atoms with Crippen molar-refractivity contribution >= 4 is 0 Å². The van der Waals surface area contributed by atoms with Crippen LogP contribution in [0, 0.1) is 0 Å². The van der Waals surface area contributed by atoms with E-state index in [4.69, 9.17) is 10.6 Å². The summed E-state index contributed by atoms with van der Waals surface area (Å²) in [5, 5.41) is 8.43. The molecule has 0 aliphatic rings. The Labute approximate surface area is 106 Å². The largest absolute Gasteiger partial charge is 0.493 e. The Morgan fingerprint density at radius 3 is 2.72 bits per heavy atom. The molecule has 2 heterocycles. The highest BCUT2D eigenvalue weighted by atomic mass is 16.5. The van der Waals surface area contributed by atoms with E-state index in [1.807, 2.05) is 24.9 Å². The van der Waals surface area contributed by atoms with E-state index in [1.54, 1.807) is 24.2 Å². The first kappa shape index (κ1) is 12.6. The molecule has 0 aliphatic carbocycles. The van der Waals surface area contributed by atoms with Gasteiger partial charge in [-0.15, -0.1) is 0 Å². The fraction of sp³-hybridized carbons (Fsp3) is 0.455. The summed E-state index contributed by atoms with van der Waals surface area (Å²) in [5.41, 5.74) is 4.65. The number of methoxy groups -OCH3 is 1. The Kier molecular flexibility index (Phi) is 3.63. The van der Waals surface area contributed by atoms with Crippen LogP contribution in [0.15, 0.2) is 18.6 Å². The number of nitrogens with two attached hydrogens (primary N) is 1. The van der Waals surface area contributed by atoms with Crippen LogP contribution in [0.3, 0.4) is 0 Å². The van der Waals surface area contributed by atoms with Gasteiger partial charge in [0.15, 0.2) is 5.75 Å². The molecule has 2 aromatic heterocycles. The third kappa shape index (κ3) is 2.09. The number of hydrogen-bond acceptors (Lipinski definition) is 5. The van der Waals surface area contributed by atoms with Gasteiger partial charge in [-0.05, 0) is 6.92 Å². The molecule has 0 bridgehead atoms. The van der Waals surface area contributed by atoms with Crippen molar-refractivity contribution < 1.29 is 4.74 Å². The lowest BCUT2D eigenvalue weighted by atomic mass is 10.1. The Morgan fingerprint density at radius 2 is 2.22 bits per heavy atom. The predicted molar refractivity (Wildman–Crippen MR) is 66.8 cm³/mol. The van der Waals surface area contributed by atoms with Gasteiger partial charge in [-0.3, -0.25) is 15.2 Å². The Morgan fingerprint density at radius 1 is 1.44 bits per heavy atom. The van der Waals surface area contributed by atoms with E-state index >= 15 is 0 Å². The average molecular weight is 250 g/mol. The standard InChI is InChI=1S/C11H18N6O/c1-4-17-11(9(18-3)6-14-17)10(15-12)8-5-13-16(2)7-8/h5-7,10,15H,4,12H2,1-3H3. The van der Waals surface area contributed by atoms with E-state index in [2.05, 4.69) is 15.6 Å². The summed E-state index contributed by atoms with van der Waals surface area (Å²) in [5.74, 6) is 6.38. The normalized spacial score (nSPS) is 12.7. The number of nitrogens with one attached hydrogen (secondary N) is 1. The van der Waals surface area contributed by atoms with Crippen LogP contribution in [-0.2, 0) is 13.6 Å². The second kappa shape index (κ2) is 5.19. The van der Waals surface area contributed by atoms with Crippen molar-refractivity contribution in [2.75, 3.05) is 7.11 Å². The van der Waals surface area contributed by atoms with Crippen LogP contribution in [0.25, 0.3) is 0 Å². The first-order valence-electron chi connectivity index (χ1n) is 5.75. The lowest BCUT2D eigenvalue weighted by Gasteiger charge is -2.17. The highest BCUT2D eigenvalue weighted by Gasteiger charge is 2.23. The van der Waals surface area contributed by atoms with Gasteiger partial charge in [-0.2, -0.15) is 10.2 Å². The van der Waals surface area contributed by atoms with Crippen LogP contribution < -0.4 is 16.0 Å². The molecule has 1 unspecified atom stereocenters. The van der Waals surface area contributed by atoms with E-state index in [9.17, 15) is 0 Å². The second-order valence-electron chi connectivity index (χ2n) is 3.96. The van der Waals surface area contributed by atoms with Gasteiger partial charge >= 0.3 is 0 Å². The van der Waals surface area contributed by atoms with Crippen molar-refractivity contribution in [3.63, 3.8) is 0 Å². The Bertz CT molecular complexity index is 496. The minimum atomic E-state index is -0.198. The van der Waals surface area contributed by atoms with Gasteiger partial charge < -0.3 is 4.74 Å². The quantitative estimate of drug-likeness (QED) is 0.585. The average Bonchev–Trinajstić information content (AvgIpc) is 2.97. The van der Waals surface area contributed by atoms with Gasteiger partial charge in [0.2, 0.25) is 0 Å².